The van der Waals surface area contributed by atoms with Crippen LogP contribution in [0.5, 0.6) is 11.5 Å². The number of methoxy groups -OCH3 is 1. The molecule has 1 unspecified atom stereocenters. The van der Waals surface area contributed by atoms with Crippen molar-refractivity contribution in [1.82, 2.24) is 14.9 Å². The summed E-state index contributed by atoms with van der Waals surface area (Å²) in [5, 5.41) is 3.38. The van der Waals surface area contributed by atoms with Crippen molar-refractivity contribution in [2.75, 3.05) is 63.3 Å². The average molecular weight is 562 g/mol. The number of nitrogens with one attached hydrogen (secondary N) is 1. The predicted molar refractivity (Wildman–Crippen MR) is 138 cm³/mol. The number of anilines is 2. The molecule has 1 aromatic heterocycles. The minimum absolute atomic E-state index is 0.0509. The fourth-order valence-electron chi connectivity index (χ4n) is 4.81. The summed E-state index contributed by atoms with van der Waals surface area (Å²) in [5.74, 6) is -1.45. The van der Waals surface area contributed by atoms with E-state index >= 15 is 0 Å². The van der Waals surface area contributed by atoms with Crippen LogP contribution in [0.25, 0.3) is 10.9 Å². The summed E-state index contributed by atoms with van der Waals surface area (Å²) in [5.41, 5.74) is 0.443. The second-order valence-electron chi connectivity index (χ2n) is 9.94. The number of hydrogen-bond acceptors (Lipinski definition) is 8. The number of ether oxygens (including phenoxy) is 3. The molecular weight excluding hydrogens is 525 g/mol. The van der Waals surface area contributed by atoms with Gasteiger partial charge < -0.3 is 29.3 Å². The van der Waals surface area contributed by atoms with Gasteiger partial charge >= 0.3 is 0 Å². The van der Waals surface area contributed by atoms with Crippen LogP contribution < -0.4 is 19.7 Å². The molecule has 2 saturated heterocycles. The van der Waals surface area contributed by atoms with Gasteiger partial charge in [-0.15, -0.1) is 0 Å². The van der Waals surface area contributed by atoms with Crippen LogP contribution in [-0.4, -0.2) is 92.7 Å². The van der Waals surface area contributed by atoms with Gasteiger partial charge in [-0.1, -0.05) is 0 Å². The Morgan fingerprint density at radius 1 is 1.05 bits per heavy atom. The molecule has 0 amide bonds. The van der Waals surface area contributed by atoms with Gasteiger partial charge in [-0.25, -0.2) is 26.9 Å². The molecule has 8 nitrogen and oxygen atoms in total. The van der Waals surface area contributed by atoms with E-state index in [0.717, 1.165) is 26.1 Å². The summed E-state index contributed by atoms with van der Waals surface area (Å²) in [6.45, 7) is 3.80. The van der Waals surface area contributed by atoms with Crippen LogP contribution >= 0.6 is 0 Å². The molecule has 0 spiro atoms. The molecule has 2 aromatic rings. The first-order valence-corrected chi connectivity index (χ1v) is 13.3. The van der Waals surface area contributed by atoms with E-state index in [9.17, 15) is 22.0 Å². The maximum absolute atomic E-state index is 13.8. The van der Waals surface area contributed by atoms with Gasteiger partial charge in [-0.05, 0) is 45.3 Å². The largest absolute Gasteiger partial charge is 0.493 e. The SMILES string of the molecule is COc1cc2c(N[C@H](C)OC(CF)C(F)F)nc(N3CCC(F)(F)CC3)nc2cc1OCCCN1CCCC1. The number of likely N-dealkylation sites (tertiary alicyclic amines) is 1. The maximum Gasteiger partial charge on any atom is 0.267 e. The number of alkyl halides is 5. The molecule has 1 aromatic carbocycles. The number of fused-ring (bicyclic) bond motifs is 1. The van der Waals surface area contributed by atoms with Gasteiger partial charge in [0.25, 0.3) is 12.3 Å². The summed E-state index contributed by atoms with van der Waals surface area (Å²) >= 11 is 0. The molecule has 2 aliphatic heterocycles. The number of benzene rings is 1. The van der Waals surface area contributed by atoms with Crippen LogP contribution in [0.1, 0.15) is 39.0 Å². The molecule has 1 N–H and O–H groups in total. The molecule has 39 heavy (non-hydrogen) atoms. The Balaban J connectivity index is 1.60. The lowest BCUT2D eigenvalue weighted by Crippen LogP contribution is -2.40. The summed E-state index contributed by atoms with van der Waals surface area (Å²) in [7, 11) is 1.49. The molecule has 2 aliphatic rings. The molecule has 13 heteroatoms. The monoisotopic (exact) mass is 561 g/mol. The average Bonchev–Trinajstić information content (AvgIpc) is 3.42. The van der Waals surface area contributed by atoms with Gasteiger partial charge in [0.05, 0.1) is 19.2 Å². The first-order valence-electron chi connectivity index (χ1n) is 13.3. The Hall–Kier alpha value is -2.67. The van der Waals surface area contributed by atoms with Crippen molar-refractivity contribution in [3.8, 4) is 11.5 Å². The standard InChI is InChI=1S/C26H36F5N5O3/c1-17(39-22(16-27)23(28)29)32-24-18-14-20(37-2)21(38-13-5-10-35-8-3-4-9-35)15-19(18)33-25(34-24)36-11-6-26(30,31)7-12-36/h14-15,17,22-23H,3-13,16H2,1-2H3,(H,32,33,34)/t17-,22?/m0/s1. The van der Waals surface area contributed by atoms with Gasteiger partial charge in [0, 0.05) is 43.9 Å². The van der Waals surface area contributed by atoms with Crippen LogP contribution in [0.2, 0.25) is 0 Å². The number of halogens is 5. The Bertz CT molecular complexity index is 1080. The Morgan fingerprint density at radius 2 is 1.77 bits per heavy atom. The lowest BCUT2D eigenvalue weighted by atomic mass is 10.1. The number of aromatic nitrogens is 2. The molecular formula is C26H36F5N5O3. The van der Waals surface area contributed by atoms with Crippen LogP contribution in [0.4, 0.5) is 33.7 Å². The smallest absolute Gasteiger partial charge is 0.267 e. The summed E-state index contributed by atoms with van der Waals surface area (Å²) in [6, 6.07) is 3.35. The topological polar surface area (TPSA) is 72.0 Å². The lowest BCUT2D eigenvalue weighted by molar-refractivity contribution is -0.0867. The first kappa shape index (κ1) is 29.3. The highest BCUT2D eigenvalue weighted by atomic mass is 19.3. The van der Waals surface area contributed by atoms with Crippen molar-refractivity contribution in [3.05, 3.63) is 12.1 Å². The molecule has 2 atom stereocenters. The van der Waals surface area contributed by atoms with E-state index in [4.69, 9.17) is 14.2 Å². The van der Waals surface area contributed by atoms with Crippen molar-refractivity contribution in [1.29, 1.82) is 0 Å². The van der Waals surface area contributed by atoms with E-state index in [0.29, 0.717) is 29.0 Å². The minimum atomic E-state index is -3.00. The third kappa shape index (κ3) is 7.71. The molecule has 0 aliphatic carbocycles. The fraction of sp³-hybridized carbons (Fsp3) is 0.692. The highest BCUT2D eigenvalue weighted by Crippen LogP contribution is 2.37. The second-order valence-corrected chi connectivity index (χ2v) is 9.94. The molecule has 3 heterocycles. The van der Waals surface area contributed by atoms with Gasteiger partial charge in [0.1, 0.15) is 24.8 Å². The third-order valence-electron chi connectivity index (χ3n) is 6.97. The maximum atomic E-state index is 13.8. The van der Waals surface area contributed by atoms with Crippen molar-refractivity contribution < 1.29 is 36.2 Å². The number of hydrogen-bond donors (Lipinski definition) is 1. The number of rotatable bonds is 13. The Kier molecular flexibility index (Phi) is 9.86. The highest BCUT2D eigenvalue weighted by molar-refractivity contribution is 5.92. The van der Waals surface area contributed by atoms with Crippen LogP contribution in [0.15, 0.2) is 12.1 Å². The molecule has 0 bridgehead atoms. The molecule has 218 valence electrons. The van der Waals surface area contributed by atoms with E-state index in [1.165, 1.54) is 26.9 Å². The lowest BCUT2D eigenvalue weighted by Gasteiger charge is -2.32. The van der Waals surface area contributed by atoms with Gasteiger partial charge in [-0.3, -0.25) is 0 Å². The van der Waals surface area contributed by atoms with Crippen LogP contribution in [0, 0.1) is 0 Å². The zero-order valence-corrected chi connectivity index (χ0v) is 22.3. The van der Waals surface area contributed by atoms with E-state index in [2.05, 4.69) is 20.2 Å². The van der Waals surface area contributed by atoms with Crippen LogP contribution in [0.3, 0.4) is 0 Å². The highest BCUT2D eigenvalue weighted by Gasteiger charge is 2.35. The van der Waals surface area contributed by atoms with E-state index in [1.54, 1.807) is 17.0 Å². The zero-order chi connectivity index (χ0) is 28.0. The molecule has 4 rings (SSSR count). The van der Waals surface area contributed by atoms with Gasteiger partial charge in [0.15, 0.2) is 11.5 Å². The first-order chi connectivity index (χ1) is 18.7. The molecule has 0 radical (unpaired) electrons. The van der Waals surface area contributed by atoms with E-state index in [1.807, 2.05) is 0 Å². The normalized spacial score (nSPS) is 19.4. The molecule has 0 saturated carbocycles. The fourth-order valence-corrected chi connectivity index (χ4v) is 4.81. The van der Waals surface area contributed by atoms with Crippen molar-refractivity contribution >= 4 is 22.7 Å². The molecule has 2 fully saturated rings. The zero-order valence-electron chi connectivity index (χ0n) is 22.3. The predicted octanol–water partition coefficient (Wildman–Crippen LogP) is 5.12. The van der Waals surface area contributed by atoms with Crippen molar-refractivity contribution in [2.45, 2.75) is 63.7 Å². The second kappa shape index (κ2) is 13.1. The number of piperidine rings is 1. The minimum Gasteiger partial charge on any atom is -0.493 e. The van der Waals surface area contributed by atoms with E-state index < -0.39 is 31.4 Å². The summed E-state index contributed by atoms with van der Waals surface area (Å²) in [4.78, 5) is 13.2. The summed E-state index contributed by atoms with van der Waals surface area (Å²) < 4.78 is 83.4. The number of nitrogens with zero attached hydrogens (tertiary/aromatic N) is 4. The van der Waals surface area contributed by atoms with Gasteiger partial charge in [-0.2, -0.15) is 4.98 Å². The summed E-state index contributed by atoms with van der Waals surface area (Å²) in [6.07, 6.45) is -3.35. The Morgan fingerprint density at radius 3 is 2.41 bits per heavy atom. The van der Waals surface area contributed by atoms with E-state index in [-0.39, 0.29) is 37.7 Å². The van der Waals surface area contributed by atoms with Crippen molar-refractivity contribution in [2.24, 2.45) is 0 Å². The Labute approximate surface area is 224 Å². The van der Waals surface area contributed by atoms with Crippen LogP contribution in [-0.2, 0) is 4.74 Å². The van der Waals surface area contributed by atoms with Crippen molar-refractivity contribution in [3.63, 3.8) is 0 Å². The third-order valence-corrected chi connectivity index (χ3v) is 6.97. The van der Waals surface area contributed by atoms with Gasteiger partial charge in [0.2, 0.25) is 5.95 Å². The quantitative estimate of drug-likeness (QED) is 0.205.